The van der Waals surface area contributed by atoms with Gasteiger partial charge >= 0.3 is 0 Å². The van der Waals surface area contributed by atoms with E-state index in [2.05, 4.69) is 12.2 Å². The molecule has 1 atom stereocenters. The van der Waals surface area contributed by atoms with E-state index in [1.165, 1.54) is 25.7 Å². The minimum Gasteiger partial charge on any atom is -0.339 e. The van der Waals surface area contributed by atoms with Gasteiger partial charge in [-0.25, -0.2) is 0 Å². The Morgan fingerprint density at radius 2 is 1.61 bits per heavy atom. The summed E-state index contributed by atoms with van der Waals surface area (Å²) in [6.45, 7) is 2.87. The molecule has 1 unspecified atom stereocenters. The van der Waals surface area contributed by atoms with Crippen LogP contribution < -0.4 is 0 Å². The maximum absolute atomic E-state index is 12.5. The van der Waals surface area contributed by atoms with Crippen molar-refractivity contribution in [1.29, 1.82) is 0 Å². The Bertz CT molecular complexity index is 446. The molecule has 4 heteroatoms. The zero-order valence-electron chi connectivity index (χ0n) is 14.2. The molecule has 0 spiro atoms. The molecule has 1 saturated carbocycles. The fourth-order valence-corrected chi connectivity index (χ4v) is 4.24. The molecule has 0 aromatic heterocycles. The van der Waals surface area contributed by atoms with Crippen LogP contribution in [0.25, 0.3) is 0 Å². The van der Waals surface area contributed by atoms with Gasteiger partial charge < -0.3 is 9.80 Å². The smallest absolute Gasteiger partial charge is 0.226 e. The molecule has 2 aliphatic carbocycles. The van der Waals surface area contributed by atoms with E-state index in [1.807, 2.05) is 9.80 Å². The van der Waals surface area contributed by atoms with Crippen LogP contribution in [-0.2, 0) is 9.59 Å². The fourth-order valence-electron chi connectivity index (χ4n) is 4.24. The first-order valence-electron chi connectivity index (χ1n) is 9.45. The van der Waals surface area contributed by atoms with Gasteiger partial charge in [0.25, 0.3) is 0 Å². The topological polar surface area (TPSA) is 40.6 Å². The molecule has 0 bridgehead atoms. The molecule has 3 aliphatic rings. The molecule has 0 aromatic rings. The molecule has 0 radical (unpaired) electrons. The first kappa shape index (κ1) is 16.5. The molecule has 1 saturated heterocycles. The summed E-state index contributed by atoms with van der Waals surface area (Å²) in [7, 11) is 0. The van der Waals surface area contributed by atoms with Crippen molar-refractivity contribution < 1.29 is 9.59 Å². The summed E-state index contributed by atoms with van der Waals surface area (Å²) in [6.07, 6.45) is 14.3. The van der Waals surface area contributed by atoms with Gasteiger partial charge in [0, 0.05) is 38.5 Å². The molecule has 2 amide bonds. The van der Waals surface area contributed by atoms with Crippen LogP contribution in [0.4, 0.5) is 0 Å². The highest BCUT2D eigenvalue weighted by atomic mass is 16.2. The van der Waals surface area contributed by atoms with E-state index >= 15 is 0 Å². The second-order valence-electron chi connectivity index (χ2n) is 7.38. The average Bonchev–Trinajstić information content (AvgIpc) is 3.13. The second-order valence-corrected chi connectivity index (χ2v) is 7.38. The van der Waals surface area contributed by atoms with Crippen LogP contribution in [0, 0.1) is 11.8 Å². The lowest BCUT2D eigenvalue weighted by atomic mass is 9.93. The van der Waals surface area contributed by atoms with Crippen molar-refractivity contribution >= 4 is 11.8 Å². The molecular weight excluding hydrogens is 288 g/mol. The summed E-state index contributed by atoms with van der Waals surface area (Å²) in [4.78, 5) is 28.8. The average molecular weight is 318 g/mol. The fraction of sp³-hybridized carbons (Fsp3) is 0.789. The highest BCUT2D eigenvalue weighted by Gasteiger charge is 2.29. The number of amides is 2. The molecule has 3 rings (SSSR count). The van der Waals surface area contributed by atoms with Crippen LogP contribution in [0.3, 0.4) is 0 Å². The number of hydrogen-bond donors (Lipinski definition) is 0. The lowest BCUT2D eigenvalue weighted by molar-refractivity contribution is -0.142. The van der Waals surface area contributed by atoms with E-state index < -0.39 is 0 Å². The largest absolute Gasteiger partial charge is 0.339 e. The monoisotopic (exact) mass is 318 g/mol. The quantitative estimate of drug-likeness (QED) is 0.748. The Morgan fingerprint density at radius 1 is 0.913 bits per heavy atom. The van der Waals surface area contributed by atoms with Crippen LogP contribution in [0.5, 0.6) is 0 Å². The first-order valence-corrected chi connectivity index (χ1v) is 9.45. The minimum absolute atomic E-state index is 0.171. The highest BCUT2D eigenvalue weighted by Crippen LogP contribution is 2.29. The van der Waals surface area contributed by atoms with Gasteiger partial charge in [-0.05, 0) is 31.6 Å². The van der Waals surface area contributed by atoms with Crippen molar-refractivity contribution in [2.45, 2.75) is 57.8 Å². The SMILES string of the molecule is O=C(CCC1CCCC1)N1CCN(C(=O)C2CC=CCC2)CC1. The van der Waals surface area contributed by atoms with E-state index in [9.17, 15) is 9.59 Å². The zero-order valence-corrected chi connectivity index (χ0v) is 14.2. The van der Waals surface area contributed by atoms with Gasteiger partial charge in [-0.15, -0.1) is 0 Å². The number of rotatable bonds is 4. The normalized spacial score (nSPS) is 25.8. The van der Waals surface area contributed by atoms with Crippen molar-refractivity contribution in [2.24, 2.45) is 11.8 Å². The summed E-state index contributed by atoms with van der Waals surface area (Å²) < 4.78 is 0. The van der Waals surface area contributed by atoms with E-state index in [0.29, 0.717) is 31.3 Å². The van der Waals surface area contributed by atoms with Crippen molar-refractivity contribution in [2.75, 3.05) is 26.2 Å². The molecule has 23 heavy (non-hydrogen) atoms. The minimum atomic E-state index is 0.171. The molecule has 0 aromatic carbocycles. The second kappa shape index (κ2) is 7.98. The third-order valence-corrected chi connectivity index (χ3v) is 5.80. The molecular formula is C19H30N2O2. The Balaban J connectivity index is 1.39. The van der Waals surface area contributed by atoms with Gasteiger partial charge in [0.05, 0.1) is 0 Å². The summed E-state index contributed by atoms with van der Waals surface area (Å²) in [5, 5.41) is 0. The van der Waals surface area contributed by atoms with E-state index in [4.69, 9.17) is 0 Å². The van der Waals surface area contributed by atoms with Crippen molar-refractivity contribution in [1.82, 2.24) is 9.80 Å². The molecule has 2 fully saturated rings. The standard InChI is InChI=1S/C19H30N2O2/c22-18(11-10-16-6-4-5-7-16)20-12-14-21(15-13-20)19(23)17-8-2-1-3-9-17/h1-2,16-17H,3-15H2. The third-order valence-electron chi connectivity index (χ3n) is 5.80. The number of hydrogen-bond acceptors (Lipinski definition) is 2. The van der Waals surface area contributed by atoms with Gasteiger partial charge in [0.2, 0.25) is 11.8 Å². The Hall–Kier alpha value is -1.32. The van der Waals surface area contributed by atoms with Crippen LogP contribution in [0.1, 0.15) is 57.8 Å². The number of piperazine rings is 1. The van der Waals surface area contributed by atoms with Gasteiger partial charge in [0.15, 0.2) is 0 Å². The summed E-state index contributed by atoms with van der Waals surface area (Å²) in [5.74, 6) is 1.54. The number of carbonyl (C=O) groups is 2. The Morgan fingerprint density at radius 3 is 2.26 bits per heavy atom. The van der Waals surface area contributed by atoms with Crippen LogP contribution in [0.2, 0.25) is 0 Å². The van der Waals surface area contributed by atoms with Gasteiger partial charge in [-0.1, -0.05) is 37.8 Å². The maximum atomic E-state index is 12.5. The Kier molecular flexibility index (Phi) is 5.74. The molecule has 4 nitrogen and oxygen atoms in total. The number of nitrogens with zero attached hydrogens (tertiary/aromatic N) is 2. The zero-order chi connectivity index (χ0) is 16.1. The van der Waals surface area contributed by atoms with Gasteiger partial charge in [-0.2, -0.15) is 0 Å². The molecule has 1 heterocycles. The lowest BCUT2D eigenvalue weighted by Crippen LogP contribution is -2.52. The van der Waals surface area contributed by atoms with Gasteiger partial charge in [-0.3, -0.25) is 9.59 Å². The van der Waals surface area contributed by atoms with Gasteiger partial charge in [0.1, 0.15) is 0 Å². The van der Waals surface area contributed by atoms with Crippen molar-refractivity contribution in [3.63, 3.8) is 0 Å². The van der Waals surface area contributed by atoms with Crippen molar-refractivity contribution in [3.05, 3.63) is 12.2 Å². The van der Waals surface area contributed by atoms with Crippen LogP contribution in [0.15, 0.2) is 12.2 Å². The van der Waals surface area contributed by atoms with Crippen LogP contribution in [-0.4, -0.2) is 47.8 Å². The van der Waals surface area contributed by atoms with Crippen LogP contribution >= 0.6 is 0 Å². The summed E-state index contributed by atoms with van der Waals surface area (Å²) in [6, 6.07) is 0. The molecule has 128 valence electrons. The predicted molar refractivity (Wildman–Crippen MR) is 90.8 cm³/mol. The third kappa shape index (κ3) is 4.36. The van der Waals surface area contributed by atoms with E-state index in [-0.39, 0.29) is 5.92 Å². The predicted octanol–water partition coefficient (Wildman–Crippen LogP) is 2.98. The van der Waals surface area contributed by atoms with E-state index in [1.54, 1.807) is 0 Å². The Labute approximate surface area is 139 Å². The highest BCUT2D eigenvalue weighted by molar-refractivity contribution is 5.80. The number of carbonyl (C=O) groups excluding carboxylic acids is 2. The van der Waals surface area contributed by atoms with Crippen molar-refractivity contribution in [3.8, 4) is 0 Å². The van der Waals surface area contributed by atoms with E-state index in [0.717, 1.165) is 44.7 Å². The molecule has 1 aliphatic heterocycles. The summed E-state index contributed by atoms with van der Waals surface area (Å²) in [5.41, 5.74) is 0. The lowest BCUT2D eigenvalue weighted by Gasteiger charge is -2.37. The summed E-state index contributed by atoms with van der Waals surface area (Å²) >= 11 is 0. The first-order chi connectivity index (χ1) is 11.2. The number of allylic oxidation sites excluding steroid dienone is 2. The maximum Gasteiger partial charge on any atom is 0.226 e. The molecule has 0 N–H and O–H groups in total.